The lowest BCUT2D eigenvalue weighted by molar-refractivity contribution is 0.318. The first-order chi connectivity index (χ1) is 16.7. The smallest absolute Gasteiger partial charge is 0.140 e. The van der Waals surface area contributed by atoms with E-state index in [1.807, 2.05) is 48.0 Å². The Bertz CT molecular complexity index is 1290. The Balaban J connectivity index is 1.45. The van der Waals surface area contributed by atoms with E-state index < -0.39 is 0 Å². The third kappa shape index (κ3) is 5.38. The maximum absolute atomic E-state index is 5.73. The van der Waals surface area contributed by atoms with Gasteiger partial charge in [-0.15, -0.1) is 0 Å². The van der Waals surface area contributed by atoms with Gasteiger partial charge in [-0.2, -0.15) is 0 Å². The fraction of sp³-hybridized carbons (Fsp3) is 0.200. The Hall–Kier alpha value is -4.24. The van der Waals surface area contributed by atoms with E-state index in [4.69, 9.17) is 10.5 Å². The Morgan fingerprint density at radius 3 is 2.76 bits per heavy atom. The summed E-state index contributed by atoms with van der Waals surface area (Å²) < 4.78 is 7.72. The molecule has 34 heavy (non-hydrogen) atoms. The van der Waals surface area contributed by atoms with Gasteiger partial charge < -0.3 is 21.1 Å². The van der Waals surface area contributed by atoms with E-state index in [1.54, 1.807) is 32.0 Å². The van der Waals surface area contributed by atoms with Gasteiger partial charge in [0.1, 0.15) is 30.1 Å². The third-order valence-electron chi connectivity index (χ3n) is 5.24. The summed E-state index contributed by atoms with van der Waals surface area (Å²) in [5, 5.41) is 6.43. The van der Waals surface area contributed by atoms with Gasteiger partial charge in [0, 0.05) is 56.5 Å². The molecule has 174 valence electrons. The highest BCUT2D eigenvalue weighted by Gasteiger charge is 2.10. The van der Waals surface area contributed by atoms with Crippen LogP contribution in [-0.2, 0) is 6.54 Å². The molecular weight excluding hydrogens is 428 g/mol. The quantitative estimate of drug-likeness (QED) is 0.248. The minimum absolute atomic E-state index is 0.599. The fourth-order valence-corrected chi connectivity index (χ4v) is 3.47. The number of hydrogen-bond acceptors (Lipinski definition) is 8. The largest absolute Gasteiger partial charge is 0.492 e. The number of nitrogens with two attached hydrogens (primary N) is 1. The van der Waals surface area contributed by atoms with E-state index >= 15 is 0 Å². The number of benzene rings is 1. The van der Waals surface area contributed by atoms with Gasteiger partial charge in [0.25, 0.3) is 0 Å². The first kappa shape index (κ1) is 22.9. The molecule has 0 aliphatic carbocycles. The minimum atomic E-state index is 0.599. The number of nitrogens with zero attached hydrogens (tertiary/aromatic N) is 5. The molecule has 0 saturated carbocycles. The SMILES string of the molecule is CN=CC(=CN)c1ccc(CNc2cc(-c3cnc4cc(OCCNC)ccn34)ncn2)cc1. The minimum Gasteiger partial charge on any atom is -0.492 e. The van der Waals surface area contributed by atoms with E-state index in [9.17, 15) is 0 Å². The van der Waals surface area contributed by atoms with Crippen LogP contribution < -0.4 is 21.1 Å². The second kappa shape index (κ2) is 11.1. The Kier molecular flexibility index (Phi) is 7.46. The van der Waals surface area contributed by atoms with Gasteiger partial charge in [-0.25, -0.2) is 15.0 Å². The van der Waals surface area contributed by atoms with E-state index in [0.717, 1.165) is 51.8 Å². The number of pyridine rings is 1. The number of hydrogen-bond donors (Lipinski definition) is 3. The summed E-state index contributed by atoms with van der Waals surface area (Å²) in [6.07, 6.45) is 8.60. The Morgan fingerprint density at radius 1 is 1.15 bits per heavy atom. The van der Waals surface area contributed by atoms with Gasteiger partial charge in [-0.05, 0) is 24.2 Å². The van der Waals surface area contributed by atoms with Crippen molar-refractivity contribution in [3.8, 4) is 17.1 Å². The molecule has 0 radical (unpaired) electrons. The normalized spacial score (nSPS) is 11.9. The highest BCUT2D eigenvalue weighted by molar-refractivity contribution is 6.09. The average Bonchev–Trinajstić information content (AvgIpc) is 3.30. The molecule has 0 spiro atoms. The van der Waals surface area contributed by atoms with Crippen LogP contribution >= 0.6 is 0 Å². The second-order valence-electron chi connectivity index (χ2n) is 7.53. The summed E-state index contributed by atoms with van der Waals surface area (Å²) in [6, 6.07) is 13.9. The number of nitrogens with one attached hydrogen (secondary N) is 2. The van der Waals surface area contributed by atoms with Gasteiger partial charge in [-0.1, -0.05) is 24.3 Å². The van der Waals surface area contributed by atoms with Crippen LogP contribution in [0.25, 0.3) is 22.6 Å². The van der Waals surface area contributed by atoms with E-state index in [1.165, 1.54) is 0 Å². The van der Waals surface area contributed by atoms with Gasteiger partial charge in [0.05, 0.1) is 17.6 Å². The van der Waals surface area contributed by atoms with E-state index in [-0.39, 0.29) is 0 Å². The van der Waals surface area contributed by atoms with E-state index in [0.29, 0.717) is 13.2 Å². The molecule has 4 N–H and O–H groups in total. The number of anilines is 1. The number of rotatable bonds is 10. The molecule has 0 aliphatic heterocycles. The summed E-state index contributed by atoms with van der Waals surface area (Å²) in [4.78, 5) is 17.4. The van der Waals surface area contributed by atoms with Crippen LogP contribution in [0.1, 0.15) is 11.1 Å². The summed E-state index contributed by atoms with van der Waals surface area (Å²) in [7, 11) is 3.62. The summed E-state index contributed by atoms with van der Waals surface area (Å²) in [5.41, 5.74) is 11.2. The average molecular weight is 457 g/mol. The van der Waals surface area contributed by atoms with Crippen LogP contribution in [0.4, 0.5) is 5.82 Å². The number of aliphatic imine (C=N–C) groups is 1. The standard InChI is InChI=1S/C25H28N8O/c1-27-8-10-34-21-7-9-33-23(16-30-25(33)11-21)22-12-24(32-17-31-22)29-14-18-3-5-19(6-4-18)20(13-26)15-28-2/h3-7,9,11-13,15-17,27H,8,10,14,26H2,1-2H3,(H,29,31,32). The van der Waals surface area contributed by atoms with Gasteiger partial charge >= 0.3 is 0 Å². The number of fused-ring (bicyclic) bond motifs is 1. The number of likely N-dealkylation sites (N-methyl/N-ethyl adjacent to an activating group) is 1. The molecular formula is C25H28N8O. The molecule has 1 aromatic carbocycles. The van der Waals surface area contributed by atoms with Gasteiger partial charge in [0.2, 0.25) is 0 Å². The van der Waals surface area contributed by atoms with E-state index in [2.05, 4.69) is 42.7 Å². The first-order valence-electron chi connectivity index (χ1n) is 11.0. The number of ether oxygens (including phenoxy) is 1. The van der Waals surface area contributed by atoms with Crippen LogP contribution in [0.15, 0.2) is 72.4 Å². The maximum Gasteiger partial charge on any atom is 0.140 e. The topological polar surface area (TPSA) is 115 Å². The molecule has 9 heteroatoms. The lowest BCUT2D eigenvalue weighted by Crippen LogP contribution is -2.15. The van der Waals surface area contributed by atoms with Gasteiger partial charge in [-0.3, -0.25) is 9.39 Å². The first-order valence-corrected chi connectivity index (χ1v) is 11.0. The number of aromatic nitrogens is 4. The van der Waals surface area contributed by atoms with Crippen molar-refractivity contribution >= 4 is 23.3 Å². The lowest BCUT2D eigenvalue weighted by atomic mass is 10.1. The highest BCUT2D eigenvalue weighted by Crippen LogP contribution is 2.23. The molecule has 0 bridgehead atoms. The molecule has 3 heterocycles. The van der Waals surface area contributed by atoms with Crippen molar-refractivity contribution in [1.29, 1.82) is 0 Å². The van der Waals surface area contributed by atoms with Crippen molar-refractivity contribution in [2.75, 3.05) is 32.6 Å². The zero-order valence-corrected chi connectivity index (χ0v) is 19.3. The van der Waals surface area contributed by atoms with Crippen molar-refractivity contribution < 1.29 is 4.74 Å². The number of allylic oxidation sites excluding steroid dienone is 1. The second-order valence-corrected chi connectivity index (χ2v) is 7.53. The van der Waals surface area contributed by atoms with Crippen molar-refractivity contribution in [3.05, 3.63) is 78.5 Å². The predicted octanol–water partition coefficient (Wildman–Crippen LogP) is 3.00. The van der Waals surface area contributed by atoms with Crippen molar-refractivity contribution in [3.63, 3.8) is 0 Å². The van der Waals surface area contributed by atoms with Crippen LogP contribution in [0.3, 0.4) is 0 Å². The summed E-state index contributed by atoms with van der Waals surface area (Å²) in [5.74, 6) is 1.52. The Labute approximate surface area is 198 Å². The summed E-state index contributed by atoms with van der Waals surface area (Å²) >= 11 is 0. The van der Waals surface area contributed by atoms with Crippen molar-refractivity contribution in [2.24, 2.45) is 10.7 Å². The monoisotopic (exact) mass is 456 g/mol. The fourth-order valence-electron chi connectivity index (χ4n) is 3.47. The molecule has 0 aliphatic rings. The highest BCUT2D eigenvalue weighted by atomic mass is 16.5. The van der Waals surface area contributed by atoms with Crippen molar-refractivity contribution in [2.45, 2.75) is 6.54 Å². The van der Waals surface area contributed by atoms with Gasteiger partial charge in [0.15, 0.2) is 0 Å². The molecule has 9 nitrogen and oxygen atoms in total. The zero-order valence-electron chi connectivity index (χ0n) is 19.3. The Morgan fingerprint density at radius 2 is 2.00 bits per heavy atom. The molecule has 0 saturated heterocycles. The van der Waals surface area contributed by atoms with Crippen molar-refractivity contribution in [1.82, 2.24) is 24.7 Å². The number of imidazole rings is 1. The summed E-state index contributed by atoms with van der Waals surface area (Å²) in [6.45, 7) is 2.01. The van der Waals surface area contributed by atoms with Crippen LogP contribution in [-0.4, -0.2) is 52.8 Å². The molecule has 3 aromatic heterocycles. The molecule has 4 aromatic rings. The van der Waals surface area contributed by atoms with Crippen LogP contribution in [0.5, 0.6) is 5.75 Å². The lowest BCUT2D eigenvalue weighted by Gasteiger charge is -2.09. The maximum atomic E-state index is 5.73. The predicted molar refractivity (Wildman–Crippen MR) is 136 cm³/mol. The molecule has 4 rings (SSSR count). The molecule has 0 atom stereocenters. The molecule has 0 fully saturated rings. The van der Waals surface area contributed by atoms with Crippen LogP contribution in [0, 0.1) is 0 Å². The zero-order chi connectivity index (χ0) is 23.8. The third-order valence-corrected chi connectivity index (χ3v) is 5.24. The molecule has 0 amide bonds. The van der Waals surface area contributed by atoms with Crippen LogP contribution in [0.2, 0.25) is 0 Å². The molecule has 0 unspecified atom stereocenters.